The first-order chi connectivity index (χ1) is 6.94. The number of ether oxygens (including phenoxy) is 1. The number of carbonyl (C=O) groups is 1. The maximum atomic E-state index is 12.0. The van der Waals surface area contributed by atoms with Crippen molar-refractivity contribution in [3.63, 3.8) is 0 Å². The summed E-state index contributed by atoms with van der Waals surface area (Å²) >= 11 is 0. The van der Waals surface area contributed by atoms with Crippen molar-refractivity contribution in [3.8, 4) is 0 Å². The Morgan fingerprint density at radius 3 is 2.27 bits per heavy atom. The molecule has 1 aliphatic rings. The van der Waals surface area contributed by atoms with Crippen molar-refractivity contribution in [2.45, 2.75) is 58.5 Å². The van der Waals surface area contributed by atoms with Gasteiger partial charge in [0, 0.05) is 19.4 Å². The Balaban J connectivity index is 2.41. The molecule has 0 aromatic carbocycles. The summed E-state index contributed by atoms with van der Waals surface area (Å²) < 4.78 is 5.30. The quantitative estimate of drug-likeness (QED) is 0.715. The Morgan fingerprint density at radius 1 is 1.27 bits per heavy atom. The molecular formula is C13H24O2. The summed E-state index contributed by atoms with van der Waals surface area (Å²) in [6.07, 6.45) is 5.15. The van der Waals surface area contributed by atoms with Crippen LogP contribution in [0.2, 0.25) is 0 Å². The molecule has 0 heterocycles. The fraction of sp³-hybridized carbons (Fsp3) is 0.923. The molecule has 0 bridgehead atoms. The van der Waals surface area contributed by atoms with E-state index in [4.69, 9.17) is 4.74 Å². The van der Waals surface area contributed by atoms with E-state index in [1.165, 1.54) is 12.8 Å². The number of hydrogen-bond donors (Lipinski definition) is 0. The van der Waals surface area contributed by atoms with Crippen LogP contribution in [-0.4, -0.2) is 18.5 Å². The zero-order valence-electron chi connectivity index (χ0n) is 10.5. The van der Waals surface area contributed by atoms with Crippen LogP contribution in [0, 0.1) is 11.8 Å². The van der Waals surface area contributed by atoms with Gasteiger partial charge in [0.1, 0.15) is 5.78 Å². The van der Waals surface area contributed by atoms with Gasteiger partial charge in [-0.15, -0.1) is 0 Å². The summed E-state index contributed by atoms with van der Waals surface area (Å²) in [7, 11) is 1.68. The predicted molar refractivity (Wildman–Crippen MR) is 61.8 cm³/mol. The molecule has 0 amide bonds. The van der Waals surface area contributed by atoms with Crippen molar-refractivity contribution in [1.29, 1.82) is 0 Å². The van der Waals surface area contributed by atoms with Crippen LogP contribution in [0.5, 0.6) is 0 Å². The van der Waals surface area contributed by atoms with Crippen LogP contribution in [0.1, 0.15) is 52.9 Å². The minimum Gasteiger partial charge on any atom is -0.378 e. The number of rotatable bonds is 4. The second-order valence-electron chi connectivity index (χ2n) is 5.56. The third-order valence-electron chi connectivity index (χ3n) is 3.62. The molecule has 0 aromatic rings. The summed E-state index contributed by atoms with van der Waals surface area (Å²) in [5, 5.41) is 0. The third kappa shape index (κ3) is 3.94. The van der Waals surface area contributed by atoms with Gasteiger partial charge in [0.15, 0.2) is 0 Å². The maximum absolute atomic E-state index is 12.0. The Hall–Kier alpha value is -0.370. The van der Waals surface area contributed by atoms with E-state index < -0.39 is 0 Å². The smallest absolute Gasteiger partial charge is 0.138 e. The molecule has 2 heteroatoms. The van der Waals surface area contributed by atoms with Gasteiger partial charge in [0.25, 0.3) is 0 Å². The molecule has 15 heavy (non-hydrogen) atoms. The highest BCUT2D eigenvalue weighted by Gasteiger charge is 2.29. The minimum absolute atomic E-state index is 0.292. The lowest BCUT2D eigenvalue weighted by Crippen LogP contribution is -2.31. The lowest BCUT2D eigenvalue weighted by atomic mass is 9.79. The van der Waals surface area contributed by atoms with Crippen LogP contribution in [0.15, 0.2) is 0 Å². The topological polar surface area (TPSA) is 26.3 Å². The number of ketones is 1. The highest BCUT2D eigenvalue weighted by molar-refractivity contribution is 5.81. The van der Waals surface area contributed by atoms with E-state index in [1.54, 1.807) is 7.11 Å². The Labute approximate surface area is 93.4 Å². The Kier molecular flexibility index (Phi) is 4.32. The normalized spacial score (nSPS) is 27.7. The summed E-state index contributed by atoms with van der Waals surface area (Å²) in [4.78, 5) is 12.0. The number of carbonyl (C=O) groups excluding carboxylic acids is 1. The zero-order chi connectivity index (χ0) is 11.5. The van der Waals surface area contributed by atoms with Crippen LogP contribution >= 0.6 is 0 Å². The average Bonchev–Trinajstić information content (AvgIpc) is 2.18. The third-order valence-corrected chi connectivity index (χ3v) is 3.62. The van der Waals surface area contributed by atoms with Crippen molar-refractivity contribution >= 4 is 5.78 Å². The SMILES string of the molecule is COC(C)(C)CC(=O)C1CCC(C)CC1. The Morgan fingerprint density at radius 2 is 1.80 bits per heavy atom. The second-order valence-corrected chi connectivity index (χ2v) is 5.56. The minimum atomic E-state index is -0.292. The summed E-state index contributed by atoms with van der Waals surface area (Å²) in [6, 6.07) is 0. The Bertz CT molecular complexity index is 213. The van der Waals surface area contributed by atoms with E-state index in [1.807, 2.05) is 13.8 Å². The molecule has 2 nitrogen and oxygen atoms in total. The average molecular weight is 212 g/mol. The maximum Gasteiger partial charge on any atom is 0.138 e. The van der Waals surface area contributed by atoms with Gasteiger partial charge in [-0.25, -0.2) is 0 Å². The van der Waals surface area contributed by atoms with Crippen LogP contribution in [0.25, 0.3) is 0 Å². The van der Waals surface area contributed by atoms with Crippen molar-refractivity contribution < 1.29 is 9.53 Å². The molecular weight excluding hydrogens is 188 g/mol. The molecule has 1 rings (SSSR count). The van der Waals surface area contributed by atoms with Crippen LogP contribution in [0.3, 0.4) is 0 Å². The largest absolute Gasteiger partial charge is 0.378 e. The van der Waals surface area contributed by atoms with Crippen molar-refractivity contribution in [1.82, 2.24) is 0 Å². The van der Waals surface area contributed by atoms with Gasteiger partial charge in [-0.2, -0.15) is 0 Å². The van der Waals surface area contributed by atoms with Gasteiger partial charge in [-0.05, 0) is 32.6 Å². The molecule has 88 valence electrons. The zero-order valence-corrected chi connectivity index (χ0v) is 10.5. The fourth-order valence-electron chi connectivity index (χ4n) is 2.22. The molecule has 0 aliphatic heterocycles. The van der Waals surface area contributed by atoms with Crippen LogP contribution in [0.4, 0.5) is 0 Å². The van der Waals surface area contributed by atoms with E-state index in [0.29, 0.717) is 18.1 Å². The highest BCUT2D eigenvalue weighted by atomic mass is 16.5. The monoisotopic (exact) mass is 212 g/mol. The van der Waals surface area contributed by atoms with Gasteiger partial charge in [0.05, 0.1) is 5.60 Å². The van der Waals surface area contributed by atoms with Gasteiger partial charge >= 0.3 is 0 Å². The number of hydrogen-bond acceptors (Lipinski definition) is 2. The van der Waals surface area contributed by atoms with E-state index in [0.717, 1.165) is 18.8 Å². The lowest BCUT2D eigenvalue weighted by Gasteiger charge is -2.28. The van der Waals surface area contributed by atoms with E-state index in [-0.39, 0.29) is 5.60 Å². The molecule has 0 atom stereocenters. The van der Waals surface area contributed by atoms with Crippen LogP contribution in [-0.2, 0) is 9.53 Å². The molecule has 0 aromatic heterocycles. The summed E-state index contributed by atoms with van der Waals surface area (Å²) in [6.45, 7) is 6.24. The number of methoxy groups -OCH3 is 1. The molecule has 0 radical (unpaired) electrons. The van der Waals surface area contributed by atoms with Gasteiger partial charge in [-0.3, -0.25) is 4.79 Å². The van der Waals surface area contributed by atoms with Crippen molar-refractivity contribution in [2.24, 2.45) is 11.8 Å². The highest BCUT2D eigenvalue weighted by Crippen LogP contribution is 2.31. The molecule has 1 saturated carbocycles. The molecule has 1 aliphatic carbocycles. The predicted octanol–water partition coefficient (Wildman–Crippen LogP) is 3.20. The molecule has 0 N–H and O–H groups in total. The standard InChI is InChI=1S/C13H24O2/c1-10-5-7-11(8-6-10)12(14)9-13(2,3)15-4/h10-11H,5-9H2,1-4H3. The van der Waals surface area contributed by atoms with Crippen LogP contribution < -0.4 is 0 Å². The van der Waals surface area contributed by atoms with Gasteiger partial charge in [0.2, 0.25) is 0 Å². The van der Waals surface area contributed by atoms with Gasteiger partial charge < -0.3 is 4.74 Å². The fourth-order valence-corrected chi connectivity index (χ4v) is 2.22. The summed E-state index contributed by atoms with van der Waals surface area (Å²) in [5.74, 6) is 1.51. The molecule has 0 spiro atoms. The first-order valence-electron chi connectivity index (χ1n) is 6.02. The second kappa shape index (κ2) is 5.11. The van der Waals surface area contributed by atoms with Gasteiger partial charge in [-0.1, -0.05) is 19.8 Å². The van der Waals surface area contributed by atoms with E-state index in [9.17, 15) is 4.79 Å². The lowest BCUT2D eigenvalue weighted by molar-refractivity contribution is -0.129. The summed E-state index contributed by atoms with van der Waals surface area (Å²) in [5.41, 5.74) is -0.292. The van der Waals surface area contributed by atoms with E-state index in [2.05, 4.69) is 6.92 Å². The molecule has 0 saturated heterocycles. The number of Topliss-reactive ketones (excluding diaryl/α,β-unsaturated/α-hetero) is 1. The van der Waals surface area contributed by atoms with E-state index >= 15 is 0 Å². The first kappa shape index (κ1) is 12.7. The van der Waals surface area contributed by atoms with Crippen molar-refractivity contribution in [3.05, 3.63) is 0 Å². The molecule has 0 unspecified atom stereocenters. The first-order valence-corrected chi connectivity index (χ1v) is 6.02. The molecule has 1 fully saturated rings. The van der Waals surface area contributed by atoms with Crippen molar-refractivity contribution in [2.75, 3.05) is 7.11 Å².